The summed E-state index contributed by atoms with van der Waals surface area (Å²) in [6.07, 6.45) is 0. The average molecular weight is 361 g/mol. The lowest BCUT2D eigenvalue weighted by Crippen LogP contribution is -2.11. The highest BCUT2D eigenvalue weighted by atomic mass is 79.9. The largest absolute Gasteiger partial charge is 0.454 e. The fourth-order valence-electron chi connectivity index (χ4n) is 1.46. The van der Waals surface area contributed by atoms with Crippen molar-refractivity contribution in [1.29, 1.82) is 0 Å². The minimum atomic E-state index is -0.565. The van der Waals surface area contributed by atoms with Gasteiger partial charge in [0.15, 0.2) is 11.6 Å². The molecule has 0 aliphatic heterocycles. The van der Waals surface area contributed by atoms with Gasteiger partial charge in [-0.2, -0.15) is 0 Å². The maximum absolute atomic E-state index is 14.1. The third kappa shape index (κ3) is 3.23. The molecule has 0 radical (unpaired) electrons. The molecule has 0 bridgehead atoms. The minimum absolute atomic E-state index is 0.0640. The van der Waals surface area contributed by atoms with Gasteiger partial charge in [0.1, 0.15) is 10.7 Å². The summed E-state index contributed by atoms with van der Waals surface area (Å²) >= 11 is 13.8. The molecule has 2 rings (SSSR count). The highest BCUT2D eigenvalue weighted by Gasteiger charge is 2.14. The van der Waals surface area contributed by atoms with Gasteiger partial charge in [0, 0.05) is 10.6 Å². The summed E-state index contributed by atoms with van der Waals surface area (Å²) in [5.74, 6) is -0.0548. The third-order valence-corrected chi connectivity index (χ3v) is 3.57. The summed E-state index contributed by atoms with van der Waals surface area (Å²) in [6, 6.07) is 9.76. The summed E-state index contributed by atoms with van der Waals surface area (Å²) in [5.41, 5.74) is 5.90. The lowest BCUT2D eigenvalue weighted by Gasteiger charge is -2.10. The molecular weight excluding hydrogens is 353 g/mol. The lowest BCUT2D eigenvalue weighted by atomic mass is 10.2. The van der Waals surface area contributed by atoms with E-state index >= 15 is 0 Å². The van der Waals surface area contributed by atoms with E-state index < -0.39 is 5.82 Å². The van der Waals surface area contributed by atoms with E-state index in [0.717, 1.165) is 0 Å². The summed E-state index contributed by atoms with van der Waals surface area (Å²) in [4.78, 5) is 0.111. The second-order valence-electron chi connectivity index (χ2n) is 3.66. The molecule has 0 unspecified atom stereocenters. The van der Waals surface area contributed by atoms with Gasteiger partial charge in [-0.15, -0.1) is 0 Å². The Bertz CT molecular complexity index is 651. The molecule has 2 N–H and O–H groups in total. The van der Waals surface area contributed by atoms with Gasteiger partial charge in [-0.3, -0.25) is 0 Å². The van der Waals surface area contributed by atoms with Crippen molar-refractivity contribution in [2.45, 2.75) is 0 Å². The van der Waals surface area contributed by atoms with Crippen LogP contribution in [0.15, 0.2) is 40.9 Å². The molecule has 0 aliphatic rings. The lowest BCUT2D eigenvalue weighted by molar-refractivity contribution is 0.440. The van der Waals surface area contributed by atoms with Gasteiger partial charge >= 0.3 is 0 Å². The van der Waals surface area contributed by atoms with Gasteiger partial charge < -0.3 is 10.5 Å². The van der Waals surface area contributed by atoms with Crippen molar-refractivity contribution in [3.63, 3.8) is 0 Å². The number of rotatable bonds is 3. The van der Waals surface area contributed by atoms with Gasteiger partial charge in [0.25, 0.3) is 0 Å². The Morgan fingerprint density at radius 3 is 2.68 bits per heavy atom. The zero-order chi connectivity index (χ0) is 14.0. The normalized spacial score (nSPS) is 10.3. The first kappa shape index (κ1) is 14.2. The number of nitrogens with two attached hydrogens (primary N) is 1. The number of hydrogen-bond acceptors (Lipinski definition) is 2. The van der Waals surface area contributed by atoms with E-state index in [9.17, 15) is 4.39 Å². The first-order valence-electron chi connectivity index (χ1n) is 5.20. The van der Waals surface area contributed by atoms with Crippen LogP contribution in [0.1, 0.15) is 5.56 Å². The predicted molar refractivity (Wildman–Crippen MR) is 81.5 cm³/mol. The smallest absolute Gasteiger partial charge is 0.180 e. The maximum Gasteiger partial charge on any atom is 0.180 e. The topological polar surface area (TPSA) is 35.2 Å². The van der Waals surface area contributed by atoms with Crippen LogP contribution in [0, 0.1) is 5.82 Å². The van der Waals surface area contributed by atoms with Crippen LogP contribution in [0.3, 0.4) is 0 Å². The minimum Gasteiger partial charge on any atom is -0.454 e. The Labute approximate surface area is 128 Å². The Kier molecular flexibility index (Phi) is 4.39. The first-order chi connectivity index (χ1) is 8.99. The highest BCUT2D eigenvalue weighted by molar-refractivity contribution is 9.10. The van der Waals surface area contributed by atoms with E-state index in [1.807, 2.05) is 0 Å². The molecule has 0 saturated carbocycles. The fourth-order valence-corrected chi connectivity index (χ4v) is 2.48. The molecule has 0 aliphatic carbocycles. The summed E-state index contributed by atoms with van der Waals surface area (Å²) < 4.78 is 19.7. The van der Waals surface area contributed by atoms with Crippen LogP contribution in [0.5, 0.6) is 11.5 Å². The van der Waals surface area contributed by atoms with Crippen molar-refractivity contribution in [3.05, 3.63) is 57.3 Å². The molecule has 98 valence electrons. The third-order valence-electron chi connectivity index (χ3n) is 2.34. The van der Waals surface area contributed by atoms with Crippen LogP contribution in [0.25, 0.3) is 0 Å². The average Bonchev–Trinajstić information content (AvgIpc) is 2.35. The number of ether oxygens (including phenoxy) is 1. The molecule has 0 amide bonds. The molecule has 6 heteroatoms. The number of hydrogen-bond donors (Lipinski definition) is 1. The standard InChI is InChI=1S/C13H8BrClFNOS/c14-11-9(13(17)19)4-5-10(12(11)16)18-8-3-1-2-7(15)6-8/h1-6H,(H2,17,19). The molecule has 19 heavy (non-hydrogen) atoms. The molecule has 0 heterocycles. The quantitative estimate of drug-likeness (QED) is 0.808. The van der Waals surface area contributed by atoms with Crippen molar-refractivity contribution < 1.29 is 9.13 Å². The van der Waals surface area contributed by atoms with Gasteiger partial charge in [-0.1, -0.05) is 29.9 Å². The van der Waals surface area contributed by atoms with E-state index in [1.165, 1.54) is 6.07 Å². The molecule has 2 nitrogen and oxygen atoms in total. The van der Waals surface area contributed by atoms with Crippen LogP contribution in [-0.2, 0) is 0 Å². The molecular formula is C13H8BrClFNOS. The Morgan fingerprint density at radius 1 is 1.32 bits per heavy atom. The van der Waals surface area contributed by atoms with Gasteiger partial charge in [-0.05, 0) is 46.3 Å². The van der Waals surface area contributed by atoms with Gasteiger partial charge in [0.05, 0.1) is 4.47 Å². The van der Waals surface area contributed by atoms with Crippen molar-refractivity contribution >= 4 is 44.7 Å². The van der Waals surface area contributed by atoms with Crippen LogP contribution in [-0.4, -0.2) is 4.99 Å². The fraction of sp³-hybridized carbons (Fsp3) is 0. The SMILES string of the molecule is NC(=S)c1ccc(Oc2cccc(Cl)c2)c(F)c1Br. The van der Waals surface area contributed by atoms with Crippen LogP contribution in [0.4, 0.5) is 4.39 Å². The van der Waals surface area contributed by atoms with Crippen molar-refractivity contribution in [2.75, 3.05) is 0 Å². The monoisotopic (exact) mass is 359 g/mol. The number of thiocarbonyl (C=S) groups is 1. The molecule has 0 spiro atoms. The Balaban J connectivity index is 2.37. The van der Waals surface area contributed by atoms with Crippen molar-refractivity contribution in [3.8, 4) is 11.5 Å². The van der Waals surface area contributed by atoms with Crippen molar-refractivity contribution in [1.82, 2.24) is 0 Å². The first-order valence-corrected chi connectivity index (χ1v) is 6.78. The molecule has 0 atom stereocenters. The molecule has 0 fully saturated rings. The van der Waals surface area contributed by atoms with Crippen LogP contribution >= 0.6 is 39.7 Å². The maximum atomic E-state index is 14.1. The molecule has 2 aromatic rings. The number of halogens is 3. The Morgan fingerprint density at radius 2 is 2.05 bits per heavy atom. The summed E-state index contributed by atoms with van der Waals surface area (Å²) in [6.45, 7) is 0. The highest BCUT2D eigenvalue weighted by Crippen LogP contribution is 2.32. The molecule has 0 aromatic heterocycles. The van der Waals surface area contributed by atoms with Gasteiger partial charge in [-0.25, -0.2) is 4.39 Å². The molecule has 2 aromatic carbocycles. The van der Waals surface area contributed by atoms with E-state index in [-0.39, 0.29) is 15.2 Å². The zero-order valence-corrected chi connectivity index (χ0v) is 12.7. The predicted octanol–water partition coefficient (Wildman–Crippen LogP) is 4.67. The zero-order valence-electron chi connectivity index (χ0n) is 9.49. The van der Waals surface area contributed by atoms with E-state index in [2.05, 4.69) is 15.9 Å². The summed E-state index contributed by atoms with van der Waals surface area (Å²) in [5, 5.41) is 0.511. The van der Waals surface area contributed by atoms with Crippen LogP contribution < -0.4 is 10.5 Å². The van der Waals surface area contributed by atoms with Crippen LogP contribution in [0.2, 0.25) is 5.02 Å². The number of benzene rings is 2. The Hall–Kier alpha value is -1.17. The molecule has 0 saturated heterocycles. The van der Waals surface area contributed by atoms with E-state index in [4.69, 9.17) is 34.3 Å². The van der Waals surface area contributed by atoms with Gasteiger partial charge in [0.2, 0.25) is 0 Å². The second-order valence-corrected chi connectivity index (χ2v) is 5.33. The second kappa shape index (κ2) is 5.86. The van der Waals surface area contributed by atoms with Crippen molar-refractivity contribution in [2.24, 2.45) is 5.73 Å². The van der Waals surface area contributed by atoms with E-state index in [1.54, 1.807) is 30.3 Å². The summed E-state index contributed by atoms with van der Waals surface area (Å²) in [7, 11) is 0. The van der Waals surface area contributed by atoms with E-state index in [0.29, 0.717) is 16.3 Å².